The number of halogens is 2. The summed E-state index contributed by atoms with van der Waals surface area (Å²) in [7, 11) is 0. The van der Waals surface area contributed by atoms with E-state index >= 15 is 0 Å². The van der Waals surface area contributed by atoms with E-state index in [0.717, 1.165) is 5.56 Å². The van der Waals surface area contributed by atoms with Crippen LogP contribution in [0.15, 0.2) is 56.9 Å². The zero-order chi connectivity index (χ0) is 14.8. The summed E-state index contributed by atoms with van der Waals surface area (Å²) in [5.41, 5.74) is 1.14. The molecule has 1 heterocycles. The van der Waals surface area contributed by atoms with Crippen molar-refractivity contribution in [2.75, 3.05) is 0 Å². The van der Waals surface area contributed by atoms with Crippen molar-refractivity contribution in [2.45, 2.75) is 11.0 Å². The van der Waals surface area contributed by atoms with E-state index in [0.29, 0.717) is 31.9 Å². The molecule has 0 radical (unpaired) electrons. The van der Waals surface area contributed by atoms with Crippen LogP contribution in [-0.2, 0) is 5.75 Å². The Labute approximate surface area is 134 Å². The van der Waals surface area contributed by atoms with Gasteiger partial charge in [0, 0.05) is 10.8 Å². The summed E-state index contributed by atoms with van der Waals surface area (Å²) in [6.07, 6.45) is 0. The fourth-order valence-corrected chi connectivity index (χ4v) is 3.00. The van der Waals surface area contributed by atoms with E-state index in [1.807, 2.05) is 24.3 Å². The zero-order valence-electron chi connectivity index (χ0n) is 10.7. The molecule has 2 aromatic carbocycles. The molecule has 21 heavy (non-hydrogen) atoms. The fraction of sp³-hybridized carbons (Fsp3) is 0.0667. The minimum Gasteiger partial charge on any atom is -0.397 e. The van der Waals surface area contributed by atoms with Crippen LogP contribution >= 0.6 is 35.0 Å². The van der Waals surface area contributed by atoms with Crippen molar-refractivity contribution in [1.82, 2.24) is 4.98 Å². The van der Waals surface area contributed by atoms with Crippen LogP contribution in [0, 0.1) is 0 Å². The quantitative estimate of drug-likeness (QED) is 0.644. The average molecular weight is 338 g/mol. The molecule has 0 unspecified atom stereocenters. The largest absolute Gasteiger partial charge is 0.397 e. The van der Waals surface area contributed by atoms with E-state index in [4.69, 9.17) is 27.6 Å². The van der Waals surface area contributed by atoms with E-state index in [9.17, 15) is 4.79 Å². The van der Waals surface area contributed by atoms with E-state index in [1.165, 1.54) is 11.8 Å². The molecule has 0 aliphatic carbocycles. The van der Waals surface area contributed by atoms with Crippen molar-refractivity contribution in [1.29, 1.82) is 0 Å². The third-order valence-corrected chi connectivity index (χ3v) is 4.33. The molecule has 0 saturated heterocycles. The smallest absolute Gasteiger partial charge is 0.349 e. The van der Waals surface area contributed by atoms with Gasteiger partial charge in [0.25, 0.3) is 5.22 Å². The van der Waals surface area contributed by atoms with Gasteiger partial charge in [-0.15, -0.1) is 0 Å². The number of thioether (sulfide) groups is 1. The van der Waals surface area contributed by atoms with Gasteiger partial charge < -0.3 is 4.42 Å². The molecule has 106 valence electrons. The van der Waals surface area contributed by atoms with Gasteiger partial charge in [0.1, 0.15) is 5.39 Å². The predicted octanol–water partition coefficient (Wildman–Crippen LogP) is 4.79. The summed E-state index contributed by atoms with van der Waals surface area (Å²) < 4.78 is 5.20. The van der Waals surface area contributed by atoms with Crippen molar-refractivity contribution >= 4 is 45.9 Å². The van der Waals surface area contributed by atoms with Crippen LogP contribution in [0.1, 0.15) is 5.56 Å². The Bertz CT molecular complexity index is 846. The Hall–Kier alpha value is -1.49. The standard InChI is InChI=1S/C15H9Cl2NO2S/c16-10-6-4-9(5-7-10)8-21-15-18-12-3-1-2-11(17)13(12)14(19)20-15/h1-7H,8H2. The van der Waals surface area contributed by atoms with Crippen LogP contribution in [0.4, 0.5) is 0 Å². The molecule has 0 bridgehead atoms. The number of fused-ring (bicyclic) bond motifs is 1. The highest BCUT2D eigenvalue weighted by molar-refractivity contribution is 7.98. The average Bonchev–Trinajstić information content (AvgIpc) is 2.46. The lowest BCUT2D eigenvalue weighted by Crippen LogP contribution is -2.03. The molecule has 0 aliphatic heterocycles. The molecule has 0 saturated carbocycles. The van der Waals surface area contributed by atoms with Gasteiger partial charge in [0.2, 0.25) is 0 Å². The number of aromatic nitrogens is 1. The van der Waals surface area contributed by atoms with Crippen LogP contribution < -0.4 is 5.63 Å². The van der Waals surface area contributed by atoms with Gasteiger partial charge in [-0.25, -0.2) is 9.78 Å². The molecule has 3 aromatic rings. The Morgan fingerprint density at radius 3 is 2.62 bits per heavy atom. The maximum Gasteiger partial charge on any atom is 0.349 e. The lowest BCUT2D eigenvalue weighted by molar-refractivity contribution is 0.401. The zero-order valence-corrected chi connectivity index (χ0v) is 13.0. The SMILES string of the molecule is O=c1oc(SCc2ccc(Cl)cc2)nc2cccc(Cl)c12. The lowest BCUT2D eigenvalue weighted by Gasteiger charge is -2.03. The highest BCUT2D eigenvalue weighted by Crippen LogP contribution is 2.24. The number of hydrogen-bond acceptors (Lipinski definition) is 4. The maximum absolute atomic E-state index is 12.0. The van der Waals surface area contributed by atoms with Crippen molar-refractivity contribution < 1.29 is 4.42 Å². The molecule has 0 amide bonds. The number of benzene rings is 2. The van der Waals surface area contributed by atoms with Crippen molar-refractivity contribution in [3.8, 4) is 0 Å². The van der Waals surface area contributed by atoms with Gasteiger partial charge in [-0.05, 0) is 29.8 Å². The number of nitrogens with zero attached hydrogens (tertiary/aromatic N) is 1. The minimum atomic E-state index is -0.468. The summed E-state index contributed by atoms with van der Waals surface area (Å²) >= 11 is 13.2. The third-order valence-electron chi connectivity index (χ3n) is 2.86. The molecule has 3 nitrogen and oxygen atoms in total. The van der Waals surface area contributed by atoms with Crippen LogP contribution in [0.2, 0.25) is 10.0 Å². The van der Waals surface area contributed by atoms with Crippen molar-refractivity contribution in [3.63, 3.8) is 0 Å². The summed E-state index contributed by atoms with van der Waals surface area (Å²) in [6.45, 7) is 0. The Morgan fingerprint density at radius 2 is 1.86 bits per heavy atom. The van der Waals surface area contributed by atoms with E-state index in [2.05, 4.69) is 4.98 Å². The van der Waals surface area contributed by atoms with Crippen LogP contribution in [0.3, 0.4) is 0 Å². The fourth-order valence-electron chi connectivity index (χ4n) is 1.85. The lowest BCUT2D eigenvalue weighted by atomic mass is 10.2. The van der Waals surface area contributed by atoms with Crippen molar-refractivity contribution in [2.24, 2.45) is 0 Å². The highest BCUT2D eigenvalue weighted by atomic mass is 35.5. The van der Waals surface area contributed by atoms with Crippen LogP contribution in [0.25, 0.3) is 10.9 Å². The summed E-state index contributed by atoms with van der Waals surface area (Å²) in [4.78, 5) is 16.3. The van der Waals surface area contributed by atoms with E-state index in [1.54, 1.807) is 18.2 Å². The monoisotopic (exact) mass is 337 g/mol. The number of hydrogen-bond donors (Lipinski definition) is 0. The summed E-state index contributed by atoms with van der Waals surface area (Å²) in [5.74, 6) is 0.638. The van der Waals surface area contributed by atoms with Crippen LogP contribution in [0.5, 0.6) is 0 Å². The highest BCUT2D eigenvalue weighted by Gasteiger charge is 2.10. The molecule has 0 aliphatic rings. The van der Waals surface area contributed by atoms with Gasteiger partial charge in [-0.1, -0.05) is 53.2 Å². The molecule has 0 fully saturated rings. The second-order valence-electron chi connectivity index (χ2n) is 4.32. The van der Waals surface area contributed by atoms with E-state index < -0.39 is 5.63 Å². The van der Waals surface area contributed by atoms with Gasteiger partial charge in [0.05, 0.1) is 10.5 Å². The molecule has 0 N–H and O–H groups in total. The van der Waals surface area contributed by atoms with Crippen LogP contribution in [-0.4, -0.2) is 4.98 Å². The first-order valence-corrected chi connectivity index (χ1v) is 7.84. The Morgan fingerprint density at radius 1 is 1.10 bits per heavy atom. The molecule has 3 rings (SSSR count). The summed E-state index contributed by atoms with van der Waals surface area (Å²) in [6, 6.07) is 12.6. The predicted molar refractivity (Wildman–Crippen MR) is 86.3 cm³/mol. The van der Waals surface area contributed by atoms with Gasteiger partial charge in [-0.3, -0.25) is 0 Å². The minimum absolute atomic E-state index is 0.315. The molecule has 1 aromatic heterocycles. The topological polar surface area (TPSA) is 43.1 Å². The maximum atomic E-state index is 12.0. The molecule has 0 spiro atoms. The summed E-state index contributed by atoms with van der Waals surface area (Å²) in [5, 5.41) is 1.68. The Kier molecular flexibility index (Phi) is 4.19. The number of rotatable bonds is 3. The van der Waals surface area contributed by atoms with Gasteiger partial charge in [0.15, 0.2) is 0 Å². The van der Waals surface area contributed by atoms with Gasteiger partial charge >= 0.3 is 5.63 Å². The van der Waals surface area contributed by atoms with Gasteiger partial charge in [-0.2, -0.15) is 0 Å². The molecule has 0 atom stereocenters. The second kappa shape index (κ2) is 6.10. The molecular formula is C15H9Cl2NO2S. The normalized spacial score (nSPS) is 11.0. The van der Waals surface area contributed by atoms with Crippen molar-refractivity contribution in [3.05, 3.63) is 68.5 Å². The second-order valence-corrected chi connectivity index (χ2v) is 6.09. The van der Waals surface area contributed by atoms with E-state index in [-0.39, 0.29) is 0 Å². The molecular weight excluding hydrogens is 329 g/mol. The first-order valence-electron chi connectivity index (χ1n) is 6.10. The first kappa shape index (κ1) is 14.4. The Balaban J connectivity index is 1.88. The first-order chi connectivity index (χ1) is 10.1. The third kappa shape index (κ3) is 3.23. The molecule has 6 heteroatoms.